The highest BCUT2D eigenvalue weighted by atomic mass is 16.5. The molecule has 0 saturated heterocycles. The molecule has 112 valence electrons. The van der Waals surface area contributed by atoms with E-state index < -0.39 is 17.2 Å². The maximum atomic E-state index is 12.0. The number of nitrogens with two attached hydrogens (primary N) is 1. The molecule has 0 aliphatic carbocycles. The average Bonchev–Trinajstić information content (AvgIpc) is 2.82. The van der Waals surface area contributed by atoms with Crippen molar-refractivity contribution in [2.45, 2.75) is 6.92 Å². The molecule has 2 heterocycles. The van der Waals surface area contributed by atoms with Gasteiger partial charge in [-0.25, -0.2) is 19.0 Å². The van der Waals surface area contributed by atoms with Gasteiger partial charge >= 0.3 is 17.2 Å². The lowest BCUT2D eigenvalue weighted by atomic mass is 10.4. The Kier molecular flexibility index (Phi) is 3.61. The Morgan fingerprint density at radius 2 is 2.00 bits per heavy atom. The minimum atomic E-state index is -0.699. The molecule has 0 saturated carbocycles. The first-order chi connectivity index (χ1) is 9.86. The Balaban J connectivity index is 2.60. The number of esters is 1. The molecule has 0 aliphatic heterocycles. The van der Waals surface area contributed by atoms with Gasteiger partial charge < -0.3 is 10.5 Å². The van der Waals surface area contributed by atoms with Crippen LogP contribution >= 0.6 is 0 Å². The fraction of sp³-hybridized carbons (Fsp3) is 0.364. The number of aryl methyl sites for hydroxylation is 1. The van der Waals surface area contributed by atoms with Crippen LogP contribution in [0.3, 0.4) is 0 Å². The van der Waals surface area contributed by atoms with E-state index in [0.29, 0.717) is 0 Å². The molecule has 0 aromatic carbocycles. The van der Waals surface area contributed by atoms with Crippen LogP contribution in [-0.4, -0.2) is 36.7 Å². The first-order valence-corrected chi connectivity index (χ1v) is 6.03. The molecule has 0 bridgehead atoms. The van der Waals surface area contributed by atoms with E-state index >= 15 is 0 Å². The highest BCUT2D eigenvalue weighted by Crippen LogP contribution is 2.12. The number of hydrogen-bond donors (Lipinski definition) is 1. The third kappa shape index (κ3) is 2.42. The van der Waals surface area contributed by atoms with Crippen LogP contribution in [0.4, 0.5) is 5.69 Å². The lowest BCUT2D eigenvalue weighted by molar-refractivity contribution is 0.0520. The van der Waals surface area contributed by atoms with Gasteiger partial charge in [-0.15, -0.1) is 5.10 Å². The van der Waals surface area contributed by atoms with Crippen LogP contribution in [0.5, 0.6) is 0 Å². The van der Waals surface area contributed by atoms with Crippen molar-refractivity contribution in [2.24, 2.45) is 14.1 Å². The van der Waals surface area contributed by atoms with Gasteiger partial charge in [0.2, 0.25) is 5.82 Å². The topological polar surface area (TPSA) is 127 Å². The molecule has 21 heavy (non-hydrogen) atoms. The van der Waals surface area contributed by atoms with Gasteiger partial charge in [-0.2, -0.15) is 5.10 Å². The summed E-state index contributed by atoms with van der Waals surface area (Å²) >= 11 is 0. The van der Waals surface area contributed by atoms with Gasteiger partial charge in [-0.3, -0.25) is 9.36 Å². The molecule has 0 fully saturated rings. The van der Waals surface area contributed by atoms with Crippen molar-refractivity contribution in [3.05, 3.63) is 32.7 Å². The molecule has 2 aromatic rings. The number of aromatic nitrogens is 5. The van der Waals surface area contributed by atoms with Crippen LogP contribution in [-0.2, 0) is 18.8 Å². The van der Waals surface area contributed by atoms with Crippen LogP contribution in [0.2, 0.25) is 0 Å². The molecule has 0 aliphatic rings. The lowest BCUT2D eigenvalue weighted by Gasteiger charge is -2.04. The van der Waals surface area contributed by atoms with Gasteiger partial charge in [0.05, 0.1) is 18.5 Å². The average molecular weight is 294 g/mol. The Bertz CT molecular complexity index is 815. The number of nitrogens with zero attached hydrogens (tertiary/aromatic N) is 5. The fourth-order valence-electron chi connectivity index (χ4n) is 1.68. The Morgan fingerprint density at radius 3 is 2.62 bits per heavy atom. The zero-order chi connectivity index (χ0) is 15.7. The molecule has 0 radical (unpaired) electrons. The first kappa shape index (κ1) is 14.5. The molecule has 0 unspecified atom stereocenters. The van der Waals surface area contributed by atoms with Gasteiger partial charge in [-0.05, 0) is 6.92 Å². The summed E-state index contributed by atoms with van der Waals surface area (Å²) in [4.78, 5) is 35.2. The summed E-state index contributed by atoms with van der Waals surface area (Å²) in [5, 5.41) is 7.72. The van der Waals surface area contributed by atoms with Gasteiger partial charge in [-0.1, -0.05) is 0 Å². The van der Waals surface area contributed by atoms with Crippen LogP contribution < -0.4 is 17.0 Å². The predicted octanol–water partition coefficient (Wildman–Crippen LogP) is -1.58. The Morgan fingerprint density at radius 1 is 1.33 bits per heavy atom. The number of rotatable bonds is 3. The van der Waals surface area contributed by atoms with Crippen molar-refractivity contribution in [3.63, 3.8) is 0 Å². The largest absolute Gasteiger partial charge is 0.461 e. The summed E-state index contributed by atoms with van der Waals surface area (Å²) < 4.78 is 7.71. The molecule has 10 heteroatoms. The molecule has 2 N–H and O–H groups in total. The maximum absolute atomic E-state index is 12.0. The van der Waals surface area contributed by atoms with E-state index in [1.54, 1.807) is 6.92 Å². The van der Waals surface area contributed by atoms with Crippen molar-refractivity contribution in [1.29, 1.82) is 0 Å². The summed E-state index contributed by atoms with van der Waals surface area (Å²) in [5.41, 5.74) is 4.38. The SMILES string of the molecule is CCOC(=O)c1nn(-c2nn(C)c(=O)n(C)c2=O)cc1N. The second-order valence-electron chi connectivity index (χ2n) is 4.19. The van der Waals surface area contributed by atoms with E-state index in [2.05, 4.69) is 10.2 Å². The summed E-state index contributed by atoms with van der Waals surface area (Å²) in [6.07, 6.45) is 1.26. The van der Waals surface area contributed by atoms with Crippen LogP contribution in [0.25, 0.3) is 5.82 Å². The van der Waals surface area contributed by atoms with Crippen LogP contribution in [0.1, 0.15) is 17.4 Å². The number of nitrogen functional groups attached to an aromatic ring is 1. The van der Waals surface area contributed by atoms with E-state index in [-0.39, 0.29) is 23.8 Å². The third-order valence-corrected chi connectivity index (χ3v) is 2.73. The van der Waals surface area contributed by atoms with E-state index in [4.69, 9.17) is 10.5 Å². The van der Waals surface area contributed by atoms with Crippen LogP contribution in [0, 0.1) is 0 Å². The summed E-state index contributed by atoms with van der Waals surface area (Å²) in [5.74, 6) is -0.850. The summed E-state index contributed by atoms with van der Waals surface area (Å²) in [6, 6.07) is 0. The van der Waals surface area contributed by atoms with E-state index in [0.717, 1.165) is 13.9 Å². The fourth-order valence-corrected chi connectivity index (χ4v) is 1.68. The molecular weight excluding hydrogens is 280 g/mol. The second-order valence-corrected chi connectivity index (χ2v) is 4.19. The quantitative estimate of drug-likeness (QED) is 0.677. The minimum absolute atomic E-state index is 0.0474. The molecular formula is C11H14N6O4. The van der Waals surface area contributed by atoms with Gasteiger partial charge in [0.1, 0.15) is 0 Å². The lowest BCUT2D eigenvalue weighted by Crippen LogP contribution is -2.40. The minimum Gasteiger partial charge on any atom is -0.461 e. The maximum Gasteiger partial charge on any atom is 0.361 e. The van der Waals surface area contributed by atoms with Gasteiger partial charge in [0.25, 0.3) is 0 Å². The van der Waals surface area contributed by atoms with Crippen molar-refractivity contribution >= 4 is 11.7 Å². The third-order valence-electron chi connectivity index (χ3n) is 2.73. The molecule has 2 rings (SSSR count). The Labute approximate surface area is 118 Å². The van der Waals surface area contributed by atoms with Crippen molar-refractivity contribution in [3.8, 4) is 5.82 Å². The molecule has 0 atom stereocenters. The Hall–Kier alpha value is -2.91. The second kappa shape index (κ2) is 5.23. The highest BCUT2D eigenvalue weighted by Gasteiger charge is 2.19. The van der Waals surface area contributed by atoms with Crippen molar-refractivity contribution < 1.29 is 9.53 Å². The highest BCUT2D eigenvalue weighted by molar-refractivity contribution is 5.92. The van der Waals surface area contributed by atoms with Crippen molar-refractivity contribution in [1.82, 2.24) is 24.1 Å². The summed E-state index contributed by atoms with van der Waals surface area (Å²) in [7, 11) is 2.71. The normalized spacial score (nSPS) is 10.6. The van der Waals surface area contributed by atoms with Gasteiger partial charge in [0, 0.05) is 14.1 Å². The smallest absolute Gasteiger partial charge is 0.361 e. The number of ether oxygens (including phenoxy) is 1. The molecule has 2 aromatic heterocycles. The number of carbonyl (C=O) groups excluding carboxylic acids is 1. The van der Waals surface area contributed by atoms with Crippen molar-refractivity contribution in [2.75, 3.05) is 12.3 Å². The van der Waals surface area contributed by atoms with E-state index in [9.17, 15) is 14.4 Å². The zero-order valence-electron chi connectivity index (χ0n) is 11.7. The van der Waals surface area contributed by atoms with Crippen LogP contribution in [0.15, 0.2) is 15.8 Å². The molecule has 0 spiro atoms. The molecule has 0 amide bonds. The summed E-state index contributed by atoms with van der Waals surface area (Å²) in [6.45, 7) is 1.82. The first-order valence-electron chi connectivity index (χ1n) is 6.03. The predicted molar refractivity (Wildman–Crippen MR) is 72.2 cm³/mol. The van der Waals surface area contributed by atoms with Gasteiger partial charge in [0.15, 0.2) is 5.69 Å². The standard InChI is InChI=1S/C11H14N6O4/c1-4-21-10(19)7-6(12)5-17(13-7)8-9(18)15(2)11(20)16(3)14-8/h5H,4,12H2,1-3H3. The number of anilines is 1. The number of carbonyl (C=O) groups is 1. The molecule has 10 nitrogen and oxygen atoms in total. The zero-order valence-corrected chi connectivity index (χ0v) is 11.7. The van der Waals surface area contributed by atoms with E-state index in [1.165, 1.54) is 20.3 Å². The monoisotopic (exact) mass is 294 g/mol. The number of hydrogen-bond acceptors (Lipinski definition) is 7. The van der Waals surface area contributed by atoms with E-state index in [1.807, 2.05) is 0 Å².